The number of rotatable bonds is 20. The van der Waals surface area contributed by atoms with Gasteiger partial charge in [0, 0.05) is 39.7 Å². The maximum atomic E-state index is 17.0. The van der Waals surface area contributed by atoms with Crippen LogP contribution in [0.5, 0.6) is 11.5 Å². The van der Waals surface area contributed by atoms with E-state index in [9.17, 15) is 0 Å². The Balaban J connectivity index is 1.27. The van der Waals surface area contributed by atoms with Gasteiger partial charge in [-0.05, 0) is 93.2 Å². The van der Waals surface area contributed by atoms with Gasteiger partial charge in [-0.3, -0.25) is 0 Å². The Kier molecular flexibility index (Phi) is 14.7. The number of ether oxygens (including phenoxy) is 2. The second-order valence-corrected chi connectivity index (χ2v) is 22.2. The molecule has 5 aromatic heterocycles. The fraction of sp³-hybridized carbons (Fsp3) is 0.333. The van der Waals surface area contributed by atoms with Gasteiger partial charge in [0.1, 0.15) is 22.5 Å². The summed E-state index contributed by atoms with van der Waals surface area (Å²) in [5, 5.41) is 0. The summed E-state index contributed by atoms with van der Waals surface area (Å²) in [5.41, 5.74) is 3.49. The van der Waals surface area contributed by atoms with Gasteiger partial charge in [-0.2, -0.15) is 0 Å². The first-order chi connectivity index (χ1) is 29.3. The molecule has 8 rings (SSSR count). The predicted octanol–water partition coefficient (Wildman–Crippen LogP) is 18.1. The molecule has 12 heteroatoms. The smallest absolute Gasteiger partial charge is 0.170 e. The summed E-state index contributed by atoms with van der Waals surface area (Å²) in [4.78, 5) is 11.9. The van der Waals surface area contributed by atoms with E-state index in [2.05, 4.69) is 45.7 Å². The molecule has 8 aromatic rings. The molecule has 0 radical (unpaired) electrons. The second kappa shape index (κ2) is 20.3. The molecular weight excluding hydrogens is 963 g/mol. The van der Waals surface area contributed by atoms with E-state index < -0.39 is 11.6 Å². The van der Waals surface area contributed by atoms with Gasteiger partial charge < -0.3 is 9.47 Å². The van der Waals surface area contributed by atoms with E-state index >= 15 is 8.78 Å². The molecule has 0 spiro atoms. The zero-order valence-electron chi connectivity index (χ0n) is 33.7. The van der Waals surface area contributed by atoms with Crippen LogP contribution < -0.4 is 9.47 Å². The number of thiophene rings is 4. The normalized spacial score (nSPS) is 11.8. The van der Waals surface area contributed by atoms with E-state index in [1.165, 1.54) is 74.0 Å². The third-order valence-corrected chi connectivity index (χ3v) is 16.2. The lowest BCUT2D eigenvalue weighted by atomic mass is 9.99. The highest BCUT2D eigenvalue weighted by Gasteiger charge is 2.29. The Morgan fingerprint density at radius 2 is 0.900 bits per heavy atom. The lowest BCUT2D eigenvalue weighted by Crippen LogP contribution is -2.03. The molecule has 312 valence electrons. The van der Waals surface area contributed by atoms with Crippen LogP contribution in [-0.2, 0) is 0 Å². The number of nitrogens with zero attached hydrogens (tertiary/aromatic N) is 2. The van der Waals surface area contributed by atoms with Crippen molar-refractivity contribution in [3.8, 4) is 54.9 Å². The summed E-state index contributed by atoms with van der Waals surface area (Å²) in [6, 6.07) is 23.7. The van der Waals surface area contributed by atoms with Crippen LogP contribution in [0.25, 0.3) is 73.2 Å². The lowest BCUT2D eigenvalue weighted by Gasteiger charge is -2.17. The average Bonchev–Trinajstić information content (AvgIpc) is 4.00. The fourth-order valence-electron chi connectivity index (χ4n) is 7.53. The van der Waals surface area contributed by atoms with Gasteiger partial charge in [-0.1, -0.05) is 102 Å². The standard InChI is InChI=1S/C48H46Br2F2N2O2S4/c1-3-5-7-9-11-13-21-55-31-19-15-17-29(23-31)45-46(30-18-16-20-32(24-30)56-22-14-12-10-8-6-4-2)54-48-42(38-26-34-36(58-38)28-40(50)60-34)44(52)43(51)41(47(48)53-45)37-25-33-35(57-37)27-39(49)59-33/h15-20,23-28H,3-14,21-22H2,1-2H3. The third kappa shape index (κ3) is 9.84. The van der Waals surface area contributed by atoms with Crippen LogP contribution >= 0.6 is 77.2 Å². The molecule has 0 aliphatic rings. The van der Waals surface area contributed by atoms with Crippen molar-refractivity contribution in [3.05, 3.63) is 92.0 Å². The Morgan fingerprint density at radius 1 is 0.500 bits per heavy atom. The summed E-state index contributed by atoms with van der Waals surface area (Å²) < 4.78 is 52.6. The van der Waals surface area contributed by atoms with Crippen LogP contribution in [-0.4, -0.2) is 23.2 Å². The number of halogens is 4. The molecule has 0 N–H and O–H groups in total. The zero-order chi connectivity index (χ0) is 41.6. The molecule has 60 heavy (non-hydrogen) atoms. The van der Waals surface area contributed by atoms with Crippen LogP contribution in [0.3, 0.4) is 0 Å². The van der Waals surface area contributed by atoms with Crippen LogP contribution in [0.15, 0.2) is 80.4 Å². The Morgan fingerprint density at radius 3 is 1.32 bits per heavy atom. The first-order valence-electron chi connectivity index (χ1n) is 20.9. The van der Waals surface area contributed by atoms with E-state index in [-0.39, 0.29) is 11.1 Å². The van der Waals surface area contributed by atoms with Crippen molar-refractivity contribution in [1.29, 1.82) is 0 Å². The van der Waals surface area contributed by atoms with E-state index in [1.807, 2.05) is 72.8 Å². The van der Waals surface area contributed by atoms with Gasteiger partial charge in [0.25, 0.3) is 0 Å². The topological polar surface area (TPSA) is 44.2 Å². The van der Waals surface area contributed by atoms with E-state index in [0.29, 0.717) is 45.4 Å². The van der Waals surface area contributed by atoms with E-state index in [4.69, 9.17) is 19.4 Å². The van der Waals surface area contributed by atoms with Crippen molar-refractivity contribution >= 4 is 107 Å². The van der Waals surface area contributed by atoms with Crippen molar-refractivity contribution in [2.45, 2.75) is 90.9 Å². The van der Waals surface area contributed by atoms with Crippen molar-refractivity contribution < 1.29 is 18.3 Å². The summed E-state index contributed by atoms with van der Waals surface area (Å²) in [7, 11) is 0. The fourth-order valence-corrected chi connectivity index (χ4v) is 13.7. The second-order valence-electron chi connectivity index (χ2n) is 15.1. The van der Waals surface area contributed by atoms with E-state index in [1.54, 1.807) is 22.7 Å². The number of benzene rings is 3. The number of unbranched alkanes of at least 4 members (excludes halogenated alkanes) is 10. The predicted molar refractivity (Wildman–Crippen MR) is 261 cm³/mol. The largest absolute Gasteiger partial charge is 0.494 e. The quantitative estimate of drug-likeness (QED) is 0.0714. The SMILES string of the molecule is CCCCCCCCOc1cccc(-c2nc3c(-c4cc5sc(Br)cc5s4)c(F)c(F)c(-c4cc5sc(Br)cc5s4)c3nc2-c2cccc(OCCCCCCCC)c2)c1. The molecule has 0 aliphatic carbocycles. The third-order valence-electron chi connectivity index (χ3n) is 10.6. The minimum absolute atomic E-state index is 0.115. The minimum Gasteiger partial charge on any atom is -0.494 e. The molecule has 5 heterocycles. The molecule has 0 aliphatic heterocycles. The number of hydrogen-bond acceptors (Lipinski definition) is 8. The molecular formula is C48H46Br2F2N2O2S4. The molecule has 0 unspecified atom stereocenters. The molecule has 0 amide bonds. The molecule has 0 atom stereocenters. The first-order valence-corrected chi connectivity index (χ1v) is 25.7. The number of fused-ring (bicyclic) bond motifs is 3. The van der Waals surface area contributed by atoms with Gasteiger partial charge in [0.05, 0.1) is 43.3 Å². The monoisotopic (exact) mass is 1010 g/mol. The van der Waals surface area contributed by atoms with Gasteiger partial charge in [0.2, 0.25) is 0 Å². The number of hydrogen-bond donors (Lipinski definition) is 0. The Bertz CT molecular complexity index is 2490. The van der Waals surface area contributed by atoms with Crippen LogP contribution in [0.4, 0.5) is 8.78 Å². The zero-order valence-corrected chi connectivity index (χ0v) is 40.1. The van der Waals surface area contributed by atoms with Gasteiger partial charge in [-0.25, -0.2) is 18.7 Å². The lowest BCUT2D eigenvalue weighted by molar-refractivity contribution is 0.304. The highest BCUT2D eigenvalue weighted by atomic mass is 79.9. The minimum atomic E-state index is -0.933. The van der Waals surface area contributed by atoms with Crippen molar-refractivity contribution in [3.63, 3.8) is 0 Å². The maximum absolute atomic E-state index is 17.0. The molecule has 0 saturated carbocycles. The summed E-state index contributed by atoms with van der Waals surface area (Å²) >= 11 is 13.1. The van der Waals surface area contributed by atoms with Crippen LogP contribution in [0.1, 0.15) is 90.9 Å². The van der Waals surface area contributed by atoms with Crippen LogP contribution in [0.2, 0.25) is 0 Å². The summed E-state index contributed by atoms with van der Waals surface area (Å²) in [5.74, 6) is -0.412. The molecule has 4 nitrogen and oxygen atoms in total. The highest BCUT2D eigenvalue weighted by molar-refractivity contribution is 9.11. The Labute approximate surface area is 383 Å². The van der Waals surface area contributed by atoms with Crippen molar-refractivity contribution in [2.75, 3.05) is 13.2 Å². The molecule has 0 bridgehead atoms. The molecule has 0 fully saturated rings. The summed E-state index contributed by atoms with van der Waals surface area (Å²) in [6.45, 7) is 5.68. The van der Waals surface area contributed by atoms with Crippen LogP contribution in [0, 0.1) is 11.6 Å². The van der Waals surface area contributed by atoms with Gasteiger partial charge in [-0.15, -0.1) is 45.3 Å². The highest BCUT2D eigenvalue weighted by Crippen LogP contribution is 2.49. The molecule has 3 aromatic carbocycles. The number of aromatic nitrogens is 2. The average molecular weight is 1010 g/mol. The van der Waals surface area contributed by atoms with Crippen molar-refractivity contribution in [1.82, 2.24) is 9.97 Å². The van der Waals surface area contributed by atoms with Gasteiger partial charge in [0.15, 0.2) is 11.6 Å². The summed E-state index contributed by atoms with van der Waals surface area (Å²) in [6.07, 6.45) is 14.1. The Hall–Kier alpha value is -3.26. The van der Waals surface area contributed by atoms with E-state index in [0.717, 1.165) is 74.7 Å². The van der Waals surface area contributed by atoms with Gasteiger partial charge >= 0.3 is 0 Å². The molecule has 0 saturated heterocycles. The van der Waals surface area contributed by atoms with Crippen molar-refractivity contribution in [2.24, 2.45) is 0 Å². The first kappa shape index (κ1) is 43.4. The maximum Gasteiger partial charge on any atom is 0.170 e.